The number of hydrogen-bond acceptors (Lipinski definition) is 4. The number of carbonyl (C=O) groups is 2. The average molecular weight is 490 g/mol. The highest BCUT2D eigenvalue weighted by Gasteiger charge is 2.16. The lowest BCUT2D eigenvalue weighted by molar-refractivity contribution is -0.141. The smallest absolute Gasteiger partial charge is 0.306 e. The molecule has 0 aliphatic heterocycles. The van der Waals surface area contributed by atoms with Crippen molar-refractivity contribution in [3.8, 4) is 11.3 Å². The number of carboxylic acids is 1. The van der Waals surface area contributed by atoms with Crippen molar-refractivity contribution in [3.63, 3.8) is 0 Å². The molecule has 0 aliphatic carbocycles. The van der Waals surface area contributed by atoms with Crippen LogP contribution in [-0.4, -0.2) is 27.0 Å². The van der Waals surface area contributed by atoms with Gasteiger partial charge in [-0.15, -0.1) is 0 Å². The number of benzene rings is 3. The van der Waals surface area contributed by atoms with Gasteiger partial charge in [0.1, 0.15) is 11.6 Å². The molecule has 4 aromatic rings. The number of aliphatic carboxylic acids is 1. The Morgan fingerprint density at radius 1 is 0.917 bits per heavy atom. The first-order valence-electron chi connectivity index (χ1n) is 11.6. The van der Waals surface area contributed by atoms with Crippen molar-refractivity contribution in [3.05, 3.63) is 95.2 Å². The van der Waals surface area contributed by atoms with E-state index in [0.29, 0.717) is 52.8 Å². The van der Waals surface area contributed by atoms with Gasteiger partial charge in [-0.3, -0.25) is 9.59 Å². The molecule has 1 heterocycles. The zero-order chi connectivity index (χ0) is 25.7. The maximum atomic E-state index is 13.5. The second-order valence-electron chi connectivity index (χ2n) is 8.67. The summed E-state index contributed by atoms with van der Waals surface area (Å²) in [6.07, 6.45) is 1.54. The molecule has 0 spiro atoms. The van der Waals surface area contributed by atoms with Gasteiger partial charge in [0, 0.05) is 17.7 Å². The van der Waals surface area contributed by atoms with Gasteiger partial charge in [-0.1, -0.05) is 19.1 Å². The van der Waals surface area contributed by atoms with Crippen molar-refractivity contribution < 1.29 is 23.5 Å². The highest BCUT2D eigenvalue weighted by Crippen LogP contribution is 2.26. The molecule has 1 amide bonds. The molecule has 36 heavy (non-hydrogen) atoms. The van der Waals surface area contributed by atoms with Gasteiger partial charge in [-0.2, -0.15) is 0 Å². The van der Waals surface area contributed by atoms with Crippen LogP contribution in [0.4, 0.5) is 8.78 Å². The van der Waals surface area contributed by atoms with E-state index in [4.69, 9.17) is 9.97 Å². The quantitative estimate of drug-likeness (QED) is 0.322. The van der Waals surface area contributed by atoms with E-state index in [1.807, 2.05) is 0 Å². The van der Waals surface area contributed by atoms with E-state index in [-0.39, 0.29) is 24.1 Å². The normalized spacial score (nSPS) is 11.9. The second-order valence-corrected chi connectivity index (χ2v) is 8.67. The number of nitrogens with zero attached hydrogens (tertiary/aromatic N) is 2. The molecule has 4 rings (SSSR count). The molecule has 0 saturated carbocycles. The summed E-state index contributed by atoms with van der Waals surface area (Å²) in [5.41, 5.74) is 4.22. The van der Waals surface area contributed by atoms with E-state index in [1.165, 1.54) is 24.3 Å². The van der Waals surface area contributed by atoms with Gasteiger partial charge in [-0.05, 0) is 79.4 Å². The largest absolute Gasteiger partial charge is 0.481 e. The summed E-state index contributed by atoms with van der Waals surface area (Å²) < 4.78 is 26.6. The summed E-state index contributed by atoms with van der Waals surface area (Å²) in [6.45, 7) is 1.91. The van der Waals surface area contributed by atoms with Crippen molar-refractivity contribution in [1.29, 1.82) is 0 Å². The molecule has 1 aromatic heterocycles. The minimum absolute atomic E-state index is 0.249. The van der Waals surface area contributed by atoms with Gasteiger partial charge in [0.2, 0.25) is 0 Å². The van der Waals surface area contributed by atoms with E-state index >= 15 is 0 Å². The van der Waals surface area contributed by atoms with Crippen LogP contribution in [0.1, 0.15) is 41.4 Å². The SMILES string of the molecule is CC(CCCc1nc2cc(C(=O)NCc3ccc(F)cc3)ccc2nc1-c1ccc(F)cc1)C(=O)O. The number of halogens is 2. The van der Waals surface area contributed by atoms with Gasteiger partial charge >= 0.3 is 5.97 Å². The Kier molecular flexibility index (Phi) is 7.63. The average Bonchev–Trinajstić information content (AvgIpc) is 2.87. The van der Waals surface area contributed by atoms with Crippen LogP contribution in [0.5, 0.6) is 0 Å². The number of carboxylic acid groups (broad SMARTS) is 1. The maximum Gasteiger partial charge on any atom is 0.306 e. The Balaban J connectivity index is 1.60. The zero-order valence-electron chi connectivity index (χ0n) is 19.7. The highest BCUT2D eigenvalue weighted by atomic mass is 19.1. The van der Waals surface area contributed by atoms with Crippen LogP contribution in [0.15, 0.2) is 66.7 Å². The molecule has 1 unspecified atom stereocenters. The number of nitrogens with one attached hydrogen (secondary N) is 1. The molecule has 0 fully saturated rings. The predicted molar refractivity (Wildman–Crippen MR) is 132 cm³/mol. The molecule has 6 nitrogen and oxygen atoms in total. The Labute approximate surface area is 207 Å². The number of carbonyl (C=O) groups excluding carboxylic acids is 1. The molecule has 1 atom stereocenters. The molecule has 8 heteroatoms. The lowest BCUT2D eigenvalue weighted by Crippen LogP contribution is -2.22. The minimum Gasteiger partial charge on any atom is -0.481 e. The number of rotatable bonds is 9. The van der Waals surface area contributed by atoms with Crippen molar-refractivity contribution in [2.24, 2.45) is 5.92 Å². The topological polar surface area (TPSA) is 92.2 Å². The standard InChI is InChI=1S/C28H25F2N3O3/c1-17(28(35)36)3-2-4-24-26(19-7-12-22(30)13-8-19)33-23-14-9-20(15-25(23)32-24)27(34)31-16-18-5-10-21(29)11-6-18/h5-15,17H,2-4,16H2,1H3,(H,31,34)(H,35,36). The lowest BCUT2D eigenvalue weighted by atomic mass is 10.0. The van der Waals surface area contributed by atoms with Crippen molar-refractivity contribution in [2.45, 2.75) is 32.7 Å². The van der Waals surface area contributed by atoms with Crippen LogP contribution < -0.4 is 5.32 Å². The Morgan fingerprint density at radius 2 is 1.58 bits per heavy atom. The van der Waals surface area contributed by atoms with Crippen LogP contribution in [-0.2, 0) is 17.8 Å². The lowest BCUT2D eigenvalue weighted by Gasteiger charge is -2.12. The molecule has 2 N–H and O–H groups in total. The Morgan fingerprint density at radius 3 is 2.25 bits per heavy atom. The Bertz CT molecular complexity index is 1390. The minimum atomic E-state index is -0.852. The number of aromatic nitrogens is 2. The zero-order valence-corrected chi connectivity index (χ0v) is 19.7. The monoisotopic (exact) mass is 489 g/mol. The van der Waals surface area contributed by atoms with Gasteiger partial charge in [0.25, 0.3) is 5.91 Å². The summed E-state index contributed by atoms with van der Waals surface area (Å²) in [5, 5.41) is 12.0. The molecule has 0 saturated heterocycles. The summed E-state index contributed by atoms with van der Waals surface area (Å²) in [6, 6.07) is 16.9. The van der Waals surface area contributed by atoms with Gasteiger partial charge in [0.05, 0.1) is 28.3 Å². The second kappa shape index (κ2) is 11.0. The maximum absolute atomic E-state index is 13.5. The fourth-order valence-corrected chi connectivity index (χ4v) is 3.83. The predicted octanol–water partition coefficient (Wildman–Crippen LogP) is 5.55. The number of aryl methyl sites for hydroxylation is 1. The van der Waals surface area contributed by atoms with E-state index < -0.39 is 11.9 Å². The van der Waals surface area contributed by atoms with Gasteiger partial charge in [0.15, 0.2) is 0 Å². The highest BCUT2D eigenvalue weighted by molar-refractivity contribution is 5.97. The van der Waals surface area contributed by atoms with Crippen LogP contribution in [0, 0.1) is 17.6 Å². The van der Waals surface area contributed by atoms with Crippen molar-refractivity contribution in [2.75, 3.05) is 0 Å². The molecule has 3 aromatic carbocycles. The van der Waals surface area contributed by atoms with Crippen LogP contribution in [0.3, 0.4) is 0 Å². The molecule has 0 aliphatic rings. The van der Waals surface area contributed by atoms with E-state index in [2.05, 4.69) is 5.32 Å². The van der Waals surface area contributed by atoms with Crippen LogP contribution in [0.25, 0.3) is 22.3 Å². The summed E-state index contributed by atoms with van der Waals surface area (Å²) in [7, 11) is 0. The summed E-state index contributed by atoms with van der Waals surface area (Å²) in [4.78, 5) is 33.4. The van der Waals surface area contributed by atoms with E-state index in [9.17, 15) is 23.5 Å². The van der Waals surface area contributed by atoms with Crippen LogP contribution in [0.2, 0.25) is 0 Å². The summed E-state index contributed by atoms with van der Waals surface area (Å²) >= 11 is 0. The fourth-order valence-electron chi connectivity index (χ4n) is 3.83. The van der Waals surface area contributed by atoms with E-state index in [0.717, 1.165) is 5.56 Å². The number of amides is 1. The first-order chi connectivity index (χ1) is 17.3. The fraction of sp³-hybridized carbons (Fsp3) is 0.214. The molecular weight excluding hydrogens is 464 g/mol. The molecule has 0 radical (unpaired) electrons. The summed E-state index contributed by atoms with van der Waals surface area (Å²) in [5.74, 6) is -2.34. The number of hydrogen-bond donors (Lipinski definition) is 2. The van der Waals surface area contributed by atoms with Gasteiger partial charge < -0.3 is 10.4 Å². The van der Waals surface area contributed by atoms with Crippen molar-refractivity contribution >= 4 is 22.9 Å². The van der Waals surface area contributed by atoms with Crippen molar-refractivity contribution in [1.82, 2.24) is 15.3 Å². The van der Waals surface area contributed by atoms with E-state index in [1.54, 1.807) is 49.4 Å². The third-order valence-electron chi connectivity index (χ3n) is 5.95. The number of fused-ring (bicyclic) bond motifs is 1. The first kappa shape index (κ1) is 24.9. The molecule has 0 bridgehead atoms. The molecule has 184 valence electrons. The third-order valence-corrected chi connectivity index (χ3v) is 5.95. The first-order valence-corrected chi connectivity index (χ1v) is 11.6. The Hall–Kier alpha value is -4.20. The van der Waals surface area contributed by atoms with Gasteiger partial charge in [-0.25, -0.2) is 18.7 Å². The van der Waals surface area contributed by atoms with Crippen LogP contribution >= 0.6 is 0 Å². The third kappa shape index (κ3) is 6.07. The molecular formula is C28H25F2N3O3.